The van der Waals surface area contributed by atoms with Gasteiger partial charge in [-0.1, -0.05) is 13.8 Å². The zero-order valence-electron chi connectivity index (χ0n) is 15.3. The number of hydrogen-bond donors (Lipinski definition) is 3. The van der Waals surface area contributed by atoms with Crippen LogP contribution in [0.15, 0.2) is 29.3 Å². The van der Waals surface area contributed by atoms with Gasteiger partial charge in [-0.3, -0.25) is 4.99 Å². The van der Waals surface area contributed by atoms with Crippen molar-refractivity contribution in [3.8, 4) is 11.5 Å². The second-order valence-electron chi connectivity index (χ2n) is 5.58. The van der Waals surface area contributed by atoms with Crippen molar-refractivity contribution in [2.45, 2.75) is 39.2 Å². The Morgan fingerprint density at radius 2 is 1.71 bits per heavy atom. The van der Waals surface area contributed by atoms with Crippen LogP contribution >= 0.6 is 0 Å². The van der Waals surface area contributed by atoms with Gasteiger partial charge in [0.05, 0.1) is 25.8 Å². The molecule has 24 heavy (non-hydrogen) atoms. The number of nitrogens with one attached hydrogen (secondary N) is 2. The minimum atomic E-state index is -0.734. The van der Waals surface area contributed by atoms with Crippen molar-refractivity contribution >= 4 is 5.96 Å². The van der Waals surface area contributed by atoms with Crippen LogP contribution in [0.4, 0.5) is 0 Å². The van der Waals surface area contributed by atoms with Crippen molar-refractivity contribution in [2.75, 3.05) is 33.4 Å². The Hall–Kier alpha value is -1.95. The molecule has 136 valence electrons. The Labute approximate surface area is 145 Å². The highest BCUT2D eigenvalue weighted by Gasteiger charge is 2.21. The summed E-state index contributed by atoms with van der Waals surface area (Å²) in [5.41, 5.74) is -0.734. The van der Waals surface area contributed by atoms with Crippen molar-refractivity contribution in [1.82, 2.24) is 10.6 Å². The second kappa shape index (κ2) is 10.8. The molecular formula is C18H31N3O3. The molecule has 0 saturated heterocycles. The molecule has 0 heterocycles. The summed E-state index contributed by atoms with van der Waals surface area (Å²) in [5, 5.41) is 16.7. The molecule has 0 fully saturated rings. The molecule has 0 radical (unpaired) electrons. The van der Waals surface area contributed by atoms with Gasteiger partial charge in [0, 0.05) is 6.54 Å². The number of hydrogen-bond acceptors (Lipinski definition) is 4. The van der Waals surface area contributed by atoms with E-state index in [9.17, 15) is 5.11 Å². The number of methoxy groups -OCH3 is 1. The van der Waals surface area contributed by atoms with E-state index in [1.165, 1.54) is 0 Å². The number of guanidine groups is 1. The average molecular weight is 337 g/mol. The fraction of sp³-hybridized carbons (Fsp3) is 0.611. The summed E-state index contributed by atoms with van der Waals surface area (Å²) >= 11 is 0. The number of nitrogens with zero attached hydrogens (tertiary/aromatic N) is 1. The van der Waals surface area contributed by atoms with Crippen molar-refractivity contribution in [1.29, 1.82) is 0 Å². The van der Waals surface area contributed by atoms with Crippen LogP contribution in [0, 0.1) is 0 Å². The summed E-state index contributed by atoms with van der Waals surface area (Å²) in [6.45, 7) is 8.24. The van der Waals surface area contributed by atoms with Crippen LogP contribution in [-0.2, 0) is 0 Å². The predicted molar refractivity (Wildman–Crippen MR) is 98.0 cm³/mol. The molecule has 3 N–H and O–H groups in total. The fourth-order valence-corrected chi connectivity index (χ4v) is 2.05. The first-order valence-electron chi connectivity index (χ1n) is 8.58. The number of aliphatic imine (C=N–C) groups is 1. The maximum absolute atomic E-state index is 10.3. The van der Waals surface area contributed by atoms with Gasteiger partial charge in [0.15, 0.2) is 5.96 Å². The topological polar surface area (TPSA) is 75.1 Å². The number of ether oxygens (including phenoxy) is 2. The van der Waals surface area contributed by atoms with Crippen LogP contribution in [0.3, 0.4) is 0 Å². The quantitative estimate of drug-likeness (QED) is 0.347. The molecule has 1 aromatic rings. The van der Waals surface area contributed by atoms with Crippen LogP contribution in [0.1, 0.15) is 33.6 Å². The first kappa shape index (κ1) is 20.1. The highest BCUT2D eigenvalue weighted by Crippen LogP contribution is 2.16. The van der Waals surface area contributed by atoms with Crippen LogP contribution in [0.25, 0.3) is 0 Å². The van der Waals surface area contributed by atoms with Crippen LogP contribution < -0.4 is 20.1 Å². The monoisotopic (exact) mass is 337 g/mol. The van der Waals surface area contributed by atoms with Gasteiger partial charge < -0.3 is 25.2 Å². The van der Waals surface area contributed by atoms with Gasteiger partial charge in [0.2, 0.25) is 0 Å². The summed E-state index contributed by atoms with van der Waals surface area (Å²) < 4.78 is 10.8. The predicted octanol–water partition coefficient (Wildman–Crippen LogP) is 2.18. The van der Waals surface area contributed by atoms with Crippen LogP contribution in [-0.4, -0.2) is 50.0 Å². The Balaban J connectivity index is 2.42. The minimum Gasteiger partial charge on any atom is -0.497 e. The van der Waals surface area contributed by atoms with Gasteiger partial charge in [-0.15, -0.1) is 0 Å². The minimum absolute atomic E-state index is 0.384. The first-order valence-corrected chi connectivity index (χ1v) is 8.58. The molecule has 6 heteroatoms. The normalized spacial score (nSPS) is 12.0. The van der Waals surface area contributed by atoms with Crippen molar-refractivity contribution in [2.24, 2.45) is 4.99 Å². The maximum atomic E-state index is 10.3. The van der Waals surface area contributed by atoms with Gasteiger partial charge in [0.25, 0.3) is 0 Å². The lowest BCUT2D eigenvalue weighted by Gasteiger charge is -2.23. The summed E-state index contributed by atoms with van der Waals surface area (Å²) in [6, 6.07) is 7.48. The molecular weight excluding hydrogens is 306 g/mol. The smallest absolute Gasteiger partial charge is 0.191 e. The summed E-state index contributed by atoms with van der Waals surface area (Å²) in [6.07, 6.45) is 1.37. The Kier molecular flexibility index (Phi) is 9.01. The molecule has 0 unspecified atom stereocenters. The highest BCUT2D eigenvalue weighted by molar-refractivity contribution is 5.79. The molecule has 0 aliphatic heterocycles. The lowest BCUT2D eigenvalue weighted by atomic mass is 9.98. The molecule has 0 aliphatic carbocycles. The molecule has 1 rings (SSSR count). The second-order valence-corrected chi connectivity index (χ2v) is 5.58. The SMILES string of the molecule is CCNC(=NCC(O)(CC)CC)NCCOc1ccc(OC)cc1. The van der Waals surface area contributed by atoms with E-state index in [-0.39, 0.29) is 0 Å². The van der Waals surface area contributed by atoms with Crippen molar-refractivity contribution in [3.05, 3.63) is 24.3 Å². The lowest BCUT2D eigenvalue weighted by Crippen LogP contribution is -2.41. The summed E-state index contributed by atoms with van der Waals surface area (Å²) in [7, 11) is 1.64. The Bertz CT molecular complexity index is 485. The number of aliphatic hydroxyl groups is 1. The van der Waals surface area contributed by atoms with E-state index >= 15 is 0 Å². The maximum Gasteiger partial charge on any atom is 0.191 e. The number of rotatable bonds is 10. The highest BCUT2D eigenvalue weighted by atomic mass is 16.5. The molecule has 0 amide bonds. The largest absolute Gasteiger partial charge is 0.497 e. The van der Waals surface area contributed by atoms with Gasteiger partial charge in [-0.25, -0.2) is 0 Å². The molecule has 6 nitrogen and oxygen atoms in total. The fourth-order valence-electron chi connectivity index (χ4n) is 2.05. The van der Waals surface area contributed by atoms with E-state index in [0.717, 1.165) is 18.0 Å². The molecule has 0 aromatic heterocycles. The zero-order chi connectivity index (χ0) is 17.8. The third kappa shape index (κ3) is 7.08. The van der Waals surface area contributed by atoms with E-state index < -0.39 is 5.60 Å². The Morgan fingerprint density at radius 1 is 1.08 bits per heavy atom. The molecule has 0 saturated carbocycles. The Morgan fingerprint density at radius 3 is 2.25 bits per heavy atom. The zero-order valence-corrected chi connectivity index (χ0v) is 15.3. The summed E-state index contributed by atoms with van der Waals surface area (Å²) in [4.78, 5) is 4.47. The molecule has 0 atom stereocenters. The van der Waals surface area contributed by atoms with Crippen molar-refractivity contribution in [3.63, 3.8) is 0 Å². The molecule has 0 spiro atoms. The van der Waals surface area contributed by atoms with E-state index in [1.807, 2.05) is 45.0 Å². The van der Waals surface area contributed by atoms with Crippen LogP contribution in [0.5, 0.6) is 11.5 Å². The average Bonchev–Trinajstić information content (AvgIpc) is 2.63. The van der Waals surface area contributed by atoms with Gasteiger partial charge >= 0.3 is 0 Å². The number of benzene rings is 1. The van der Waals surface area contributed by atoms with E-state index in [1.54, 1.807) is 7.11 Å². The lowest BCUT2D eigenvalue weighted by molar-refractivity contribution is 0.0418. The first-order chi connectivity index (χ1) is 11.6. The van der Waals surface area contributed by atoms with Crippen LogP contribution in [0.2, 0.25) is 0 Å². The molecule has 0 bridgehead atoms. The van der Waals surface area contributed by atoms with Gasteiger partial charge in [0.1, 0.15) is 18.1 Å². The third-order valence-electron chi connectivity index (χ3n) is 3.91. The molecule has 1 aromatic carbocycles. The standard InChI is InChI=1S/C18H31N3O3/c1-5-18(22,6-2)14-21-17(19-7-3)20-12-13-24-16-10-8-15(23-4)9-11-16/h8-11,22H,5-7,12-14H2,1-4H3,(H2,19,20,21). The third-order valence-corrected chi connectivity index (χ3v) is 3.91. The molecule has 0 aliphatic rings. The van der Waals surface area contributed by atoms with E-state index in [0.29, 0.717) is 38.5 Å². The van der Waals surface area contributed by atoms with Crippen molar-refractivity contribution < 1.29 is 14.6 Å². The summed E-state index contributed by atoms with van der Waals surface area (Å²) in [5.74, 6) is 2.29. The van der Waals surface area contributed by atoms with E-state index in [2.05, 4.69) is 15.6 Å². The van der Waals surface area contributed by atoms with Gasteiger partial charge in [-0.05, 0) is 44.0 Å². The van der Waals surface area contributed by atoms with Gasteiger partial charge in [-0.2, -0.15) is 0 Å². The van der Waals surface area contributed by atoms with E-state index in [4.69, 9.17) is 9.47 Å².